The number of halogens is 1. The van der Waals surface area contributed by atoms with E-state index in [1.165, 1.54) is 0 Å². The first-order chi connectivity index (χ1) is 10.3. The van der Waals surface area contributed by atoms with Gasteiger partial charge in [0, 0.05) is 30.4 Å². The quantitative estimate of drug-likeness (QED) is 0.905. The number of aromatic nitrogens is 3. The van der Waals surface area contributed by atoms with Gasteiger partial charge in [0.25, 0.3) is 0 Å². The number of rotatable bonds is 2. The number of hydrogen-bond acceptors (Lipinski definition) is 5. The number of fused-ring (bicyclic) bond motifs is 1. The van der Waals surface area contributed by atoms with Crippen LogP contribution in [0.2, 0.25) is 5.02 Å². The van der Waals surface area contributed by atoms with Gasteiger partial charge in [0.1, 0.15) is 24.1 Å². The predicted molar refractivity (Wildman–Crippen MR) is 75.0 cm³/mol. The highest BCUT2D eigenvalue weighted by molar-refractivity contribution is 6.33. The molecule has 2 aromatic rings. The van der Waals surface area contributed by atoms with Crippen LogP contribution in [0.4, 0.5) is 0 Å². The van der Waals surface area contributed by atoms with Crippen molar-refractivity contribution >= 4 is 11.6 Å². The second-order valence-corrected chi connectivity index (χ2v) is 5.65. The van der Waals surface area contributed by atoms with E-state index in [0.29, 0.717) is 18.2 Å². The van der Waals surface area contributed by atoms with Gasteiger partial charge in [0.05, 0.1) is 24.3 Å². The molecule has 2 aliphatic rings. The summed E-state index contributed by atoms with van der Waals surface area (Å²) in [6, 6.07) is 1.81. The smallest absolute Gasteiger partial charge is 0.141 e. The van der Waals surface area contributed by atoms with Gasteiger partial charge in [-0.3, -0.25) is 4.98 Å². The van der Waals surface area contributed by atoms with E-state index >= 15 is 0 Å². The average molecular weight is 308 g/mol. The molecule has 0 aliphatic carbocycles. The summed E-state index contributed by atoms with van der Waals surface area (Å²) in [5, 5.41) is 10.4. The van der Waals surface area contributed by atoms with Gasteiger partial charge in [-0.25, -0.2) is 4.98 Å². The molecule has 2 aliphatic heterocycles. The zero-order valence-corrected chi connectivity index (χ0v) is 11.8. The van der Waals surface area contributed by atoms with E-state index in [-0.39, 0.29) is 18.2 Å². The van der Waals surface area contributed by atoms with Crippen molar-refractivity contribution in [2.75, 3.05) is 13.2 Å². The Labute approximate surface area is 126 Å². The van der Waals surface area contributed by atoms with Crippen LogP contribution >= 0.6 is 11.6 Å². The first-order valence-electron chi connectivity index (χ1n) is 6.79. The lowest BCUT2D eigenvalue weighted by atomic mass is 10.1. The third-order valence-electron chi connectivity index (χ3n) is 4.04. The van der Waals surface area contributed by atoms with E-state index in [1.54, 1.807) is 18.6 Å². The molecule has 110 valence electrons. The summed E-state index contributed by atoms with van der Waals surface area (Å²) in [5.74, 6) is 0.752. The highest BCUT2D eigenvalue weighted by Gasteiger charge is 2.48. The molecule has 4 heterocycles. The second kappa shape index (κ2) is 5.06. The lowest BCUT2D eigenvalue weighted by molar-refractivity contribution is 0.0172. The molecule has 4 atom stereocenters. The molecule has 0 aromatic carbocycles. The fourth-order valence-electron chi connectivity index (χ4n) is 3.04. The third kappa shape index (κ3) is 2.06. The van der Waals surface area contributed by atoms with E-state index < -0.39 is 6.10 Å². The summed E-state index contributed by atoms with van der Waals surface area (Å²) in [6.07, 6.45) is 5.91. The molecule has 0 saturated carbocycles. The summed E-state index contributed by atoms with van der Waals surface area (Å²) in [7, 11) is 0. The Hall–Kier alpha value is -1.47. The van der Waals surface area contributed by atoms with Crippen LogP contribution in [0, 0.1) is 0 Å². The lowest BCUT2D eigenvalue weighted by Gasteiger charge is -2.20. The summed E-state index contributed by atoms with van der Waals surface area (Å²) in [4.78, 5) is 8.40. The summed E-state index contributed by atoms with van der Waals surface area (Å²) in [6.45, 7) is 0.796. The number of aliphatic hydroxyl groups excluding tert-OH is 1. The van der Waals surface area contributed by atoms with Crippen LogP contribution in [0.25, 0.3) is 11.4 Å². The Balaban J connectivity index is 1.72. The van der Waals surface area contributed by atoms with Gasteiger partial charge in [-0.15, -0.1) is 0 Å². The largest absolute Gasteiger partial charge is 0.388 e. The molecule has 4 rings (SSSR count). The first kappa shape index (κ1) is 13.2. The number of imidazole rings is 1. The first-order valence-corrected chi connectivity index (χ1v) is 7.17. The van der Waals surface area contributed by atoms with Gasteiger partial charge >= 0.3 is 0 Å². The molecular weight excluding hydrogens is 294 g/mol. The van der Waals surface area contributed by atoms with Gasteiger partial charge in [0.2, 0.25) is 0 Å². The molecule has 21 heavy (non-hydrogen) atoms. The number of hydrogen-bond donors (Lipinski definition) is 1. The number of ether oxygens (including phenoxy) is 2. The summed E-state index contributed by atoms with van der Waals surface area (Å²) in [5.41, 5.74) is 0.818. The summed E-state index contributed by atoms with van der Waals surface area (Å²) >= 11 is 6.21. The van der Waals surface area contributed by atoms with Crippen molar-refractivity contribution in [3.05, 3.63) is 35.9 Å². The Morgan fingerprint density at radius 3 is 2.95 bits per heavy atom. The Bertz CT molecular complexity index is 662. The predicted octanol–water partition coefficient (Wildman–Crippen LogP) is 1.30. The fraction of sp³-hybridized carbons (Fsp3) is 0.429. The van der Waals surface area contributed by atoms with E-state index in [0.717, 1.165) is 11.4 Å². The zero-order valence-electron chi connectivity index (χ0n) is 11.1. The van der Waals surface area contributed by atoms with Crippen molar-refractivity contribution in [1.29, 1.82) is 0 Å². The molecule has 0 amide bonds. The van der Waals surface area contributed by atoms with Crippen molar-refractivity contribution in [3.63, 3.8) is 0 Å². The van der Waals surface area contributed by atoms with Crippen molar-refractivity contribution in [3.8, 4) is 11.4 Å². The number of pyridine rings is 1. The van der Waals surface area contributed by atoms with Crippen molar-refractivity contribution < 1.29 is 14.6 Å². The maximum atomic E-state index is 9.84. The molecule has 1 N–H and O–H groups in total. The van der Waals surface area contributed by atoms with Crippen molar-refractivity contribution in [2.24, 2.45) is 0 Å². The van der Waals surface area contributed by atoms with E-state index in [9.17, 15) is 5.11 Å². The van der Waals surface area contributed by atoms with Crippen LogP contribution in [-0.4, -0.2) is 51.2 Å². The third-order valence-corrected chi connectivity index (χ3v) is 4.34. The van der Waals surface area contributed by atoms with Gasteiger partial charge in [-0.1, -0.05) is 11.6 Å². The molecule has 2 aromatic heterocycles. The molecule has 0 radical (unpaired) electrons. The summed E-state index contributed by atoms with van der Waals surface area (Å²) < 4.78 is 13.4. The molecule has 0 spiro atoms. The van der Waals surface area contributed by atoms with Crippen molar-refractivity contribution in [2.45, 2.75) is 24.4 Å². The standard InChI is InChI=1S/C14H14ClN3O3/c15-9-5-16-2-1-8(9)14-17-3-4-18(14)10-6-20-13-11(19)7-21-12(10)13/h1-5,10-13,19H,6-7H2/t10-,11-,12-,13-/m1/s1. The fourth-order valence-corrected chi connectivity index (χ4v) is 3.25. The molecule has 2 fully saturated rings. The molecule has 0 unspecified atom stereocenters. The minimum atomic E-state index is -0.559. The normalized spacial score (nSPS) is 31.5. The highest BCUT2D eigenvalue weighted by Crippen LogP contribution is 2.37. The Kier molecular flexibility index (Phi) is 3.19. The lowest BCUT2D eigenvalue weighted by Crippen LogP contribution is -2.30. The topological polar surface area (TPSA) is 69.4 Å². The van der Waals surface area contributed by atoms with E-state index in [2.05, 4.69) is 9.97 Å². The van der Waals surface area contributed by atoms with Gasteiger partial charge < -0.3 is 19.1 Å². The van der Waals surface area contributed by atoms with Crippen LogP contribution in [0.15, 0.2) is 30.9 Å². The number of nitrogens with zero attached hydrogens (tertiary/aromatic N) is 3. The molecule has 0 bridgehead atoms. The highest BCUT2D eigenvalue weighted by atomic mass is 35.5. The van der Waals surface area contributed by atoms with Gasteiger partial charge in [-0.2, -0.15) is 0 Å². The minimum Gasteiger partial charge on any atom is -0.388 e. The molecular formula is C14H14ClN3O3. The van der Waals surface area contributed by atoms with Crippen LogP contribution < -0.4 is 0 Å². The van der Waals surface area contributed by atoms with E-state index in [1.807, 2.05) is 16.8 Å². The van der Waals surface area contributed by atoms with Crippen LogP contribution in [0.3, 0.4) is 0 Å². The zero-order chi connectivity index (χ0) is 14.4. The molecule has 2 saturated heterocycles. The van der Waals surface area contributed by atoms with Crippen molar-refractivity contribution in [1.82, 2.24) is 14.5 Å². The van der Waals surface area contributed by atoms with Crippen LogP contribution in [0.5, 0.6) is 0 Å². The van der Waals surface area contributed by atoms with E-state index in [4.69, 9.17) is 21.1 Å². The maximum absolute atomic E-state index is 9.84. The van der Waals surface area contributed by atoms with Gasteiger partial charge in [-0.05, 0) is 6.07 Å². The second-order valence-electron chi connectivity index (χ2n) is 5.24. The molecule has 6 nitrogen and oxygen atoms in total. The minimum absolute atomic E-state index is 0.0196. The SMILES string of the molecule is O[C@@H]1CO[C@H]2[C@@H]1OC[C@H]2n1ccnc1-c1ccncc1Cl. The van der Waals surface area contributed by atoms with Crippen LogP contribution in [0.1, 0.15) is 6.04 Å². The average Bonchev–Trinajstić information content (AvgIpc) is 3.17. The Morgan fingerprint density at radius 1 is 1.24 bits per heavy atom. The monoisotopic (exact) mass is 307 g/mol. The molecule has 7 heteroatoms. The van der Waals surface area contributed by atoms with Gasteiger partial charge in [0.15, 0.2) is 0 Å². The van der Waals surface area contributed by atoms with Crippen LogP contribution in [-0.2, 0) is 9.47 Å². The number of aliphatic hydroxyl groups is 1. The Morgan fingerprint density at radius 2 is 2.10 bits per heavy atom. The maximum Gasteiger partial charge on any atom is 0.141 e.